The summed E-state index contributed by atoms with van der Waals surface area (Å²) in [7, 11) is 0. The van der Waals surface area contributed by atoms with Gasteiger partial charge in [0.15, 0.2) is 0 Å². The lowest BCUT2D eigenvalue weighted by Gasteiger charge is -2.22. The van der Waals surface area contributed by atoms with Gasteiger partial charge < -0.3 is 11.1 Å². The zero-order valence-corrected chi connectivity index (χ0v) is 7.42. The summed E-state index contributed by atoms with van der Waals surface area (Å²) in [5.41, 5.74) is 6.21. The SMILES string of the molecule is CC1CNc2nc(=O)[nH]c(N)c2C1. The van der Waals surface area contributed by atoms with E-state index in [-0.39, 0.29) is 0 Å². The maximum absolute atomic E-state index is 11.0. The third-order valence-electron chi connectivity index (χ3n) is 2.24. The number of hydrogen-bond acceptors (Lipinski definition) is 4. The Bertz CT molecular complexity index is 384. The summed E-state index contributed by atoms with van der Waals surface area (Å²) in [6, 6.07) is 0. The lowest BCUT2D eigenvalue weighted by atomic mass is 9.98. The lowest BCUT2D eigenvalue weighted by Crippen LogP contribution is -2.27. The Kier molecular flexibility index (Phi) is 1.72. The molecule has 1 aliphatic heterocycles. The second-order valence-electron chi connectivity index (χ2n) is 3.47. The fourth-order valence-corrected chi connectivity index (χ4v) is 1.56. The molecule has 2 rings (SSSR count). The Morgan fingerprint density at radius 2 is 2.38 bits per heavy atom. The van der Waals surface area contributed by atoms with Crippen LogP contribution in [0.4, 0.5) is 11.6 Å². The Morgan fingerprint density at radius 1 is 1.62 bits per heavy atom. The first kappa shape index (κ1) is 8.10. The molecule has 1 aliphatic rings. The molecule has 1 aromatic heterocycles. The van der Waals surface area contributed by atoms with Gasteiger partial charge in [-0.3, -0.25) is 4.98 Å². The Balaban J connectivity index is 2.53. The van der Waals surface area contributed by atoms with Crippen LogP contribution in [0.15, 0.2) is 4.79 Å². The van der Waals surface area contributed by atoms with E-state index in [2.05, 4.69) is 22.2 Å². The quantitative estimate of drug-likeness (QED) is 0.523. The van der Waals surface area contributed by atoms with Gasteiger partial charge in [-0.2, -0.15) is 4.98 Å². The van der Waals surface area contributed by atoms with Gasteiger partial charge in [-0.15, -0.1) is 0 Å². The summed E-state index contributed by atoms with van der Waals surface area (Å²) in [5, 5.41) is 3.08. The van der Waals surface area contributed by atoms with E-state index >= 15 is 0 Å². The number of hydrogen-bond donors (Lipinski definition) is 3. The van der Waals surface area contributed by atoms with Gasteiger partial charge in [0.2, 0.25) is 0 Å². The van der Waals surface area contributed by atoms with Gasteiger partial charge in [-0.1, -0.05) is 6.92 Å². The number of H-pyrrole nitrogens is 1. The van der Waals surface area contributed by atoms with Crippen LogP contribution >= 0.6 is 0 Å². The first-order valence-corrected chi connectivity index (χ1v) is 4.29. The predicted molar refractivity (Wildman–Crippen MR) is 50.6 cm³/mol. The number of anilines is 2. The highest BCUT2D eigenvalue weighted by Gasteiger charge is 2.18. The van der Waals surface area contributed by atoms with Crippen LogP contribution in [-0.2, 0) is 6.42 Å². The number of aromatic amines is 1. The molecule has 70 valence electrons. The highest BCUT2D eigenvalue weighted by molar-refractivity contribution is 5.56. The second kappa shape index (κ2) is 2.76. The topological polar surface area (TPSA) is 83.8 Å². The van der Waals surface area contributed by atoms with Gasteiger partial charge >= 0.3 is 5.69 Å². The molecule has 1 aromatic rings. The molecule has 2 heterocycles. The highest BCUT2D eigenvalue weighted by Crippen LogP contribution is 2.24. The van der Waals surface area contributed by atoms with Crippen LogP contribution in [-0.4, -0.2) is 16.5 Å². The van der Waals surface area contributed by atoms with Crippen molar-refractivity contribution in [3.63, 3.8) is 0 Å². The van der Waals surface area contributed by atoms with Crippen LogP contribution in [0.3, 0.4) is 0 Å². The minimum absolute atomic E-state index is 0.390. The Hall–Kier alpha value is -1.52. The van der Waals surface area contributed by atoms with E-state index in [4.69, 9.17) is 5.73 Å². The van der Waals surface area contributed by atoms with Gasteiger partial charge in [-0.05, 0) is 12.3 Å². The lowest BCUT2D eigenvalue weighted by molar-refractivity contribution is 0.589. The van der Waals surface area contributed by atoms with E-state index in [0.29, 0.717) is 17.6 Å². The van der Waals surface area contributed by atoms with Crippen molar-refractivity contribution < 1.29 is 0 Å². The number of fused-ring (bicyclic) bond motifs is 1. The van der Waals surface area contributed by atoms with Gasteiger partial charge in [0.1, 0.15) is 11.6 Å². The fraction of sp³-hybridized carbons (Fsp3) is 0.500. The molecule has 0 radical (unpaired) electrons. The van der Waals surface area contributed by atoms with Crippen LogP contribution in [0, 0.1) is 5.92 Å². The summed E-state index contributed by atoms with van der Waals surface area (Å²) >= 11 is 0. The smallest absolute Gasteiger partial charge is 0.348 e. The third-order valence-corrected chi connectivity index (χ3v) is 2.24. The molecule has 13 heavy (non-hydrogen) atoms. The van der Waals surface area contributed by atoms with E-state index in [1.807, 2.05) is 0 Å². The number of rotatable bonds is 0. The standard InChI is InChI=1S/C8H12N4O/c1-4-2-5-6(9)11-8(13)12-7(5)10-3-4/h4H,2-3H2,1H3,(H4,9,10,11,12,13). The average molecular weight is 180 g/mol. The number of nitrogens with zero attached hydrogens (tertiary/aromatic N) is 1. The molecular formula is C8H12N4O. The zero-order chi connectivity index (χ0) is 9.42. The molecular weight excluding hydrogens is 168 g/mol. The van der Waals surface area contributed by atoms with Crippen LogP contribution in [0.5, 0.6) is 0 Å². The molecule has 1 unspecified atom stereocenters. The molecule has 0 amide bonds. The molecule has 4 N–H and O–H groups in total. The minimum Gasteiger partial charge on any atom is -0.385 e. The molecule has 1 atom stereocenters. The molecule has 0 spiro atoms. The van der Waals surface area contributed by atoms with Gasteiger partial charge in [0.05, 0.1) is 0 Å². The predicted octanol–water partition coefficient (Wildman–Crippen LogP) is -0.0438. The van der Waals surface area contributed by atoms with Crippen LogP contribution in [0.1, 0.15) is 12.5 Å². The molecule has 0 aliphatic carbocycles. The molecule has 5 nitrogen and oxygen atoms in total. The Labute approximate surface area is 75.4 Å². The maximum Gasteiger partial charge on any atom is 0.348 e. The second-order valence-corrected chi connectivity index (χ2v) is 3.47. The van der Waals surface area contributed by atoms with Crippen molar-refractivity contribution in [3.05, 3.63) is 16.0 Å². The van der Waals surface area contributed by atoms with Crippen molar-refractivity contribution in [1.29, 1.82) is 0 Å². The van der Waals surface area contributed by atoms with Crippen molar-refractivity contribution in [1.82, 2.24) is 9.97 Å². The summed E-state index contributed by atoms with van der Waals surface area (Å²) in [5.74, 6) is 1.61. The number of nitrogen functional groups attached to an aromatic ring is 1. The molecule has 0 saturated carbocycles. The summed E-state index contributed by atoms with van der Waals surface area (Å²) < 4.78 is 0. The van der Waals surface area contributed by atoms with Crippen molar-refractivity contribution in [2.75, 3.05) is 17.6 Å². The van der Waals surface area contributed by atoms with Crippen LogP contribution in [0.25, 0.3) is 0 Å². The van der Waals surface area contributed by atoms with Gasteiger partial charge in [-0.25, -0.2) is 4.79 Å². The largest absolute Gasteiger partial charge is 0.385 e. The van der Waals surface area contributed by atoms with Crippen molar-refractivity contribution in [2.24, 2.45) is 5.92 Å². The Morgan fingerprint density at radius 3 is 3.15 bits per heavy atom. The normalized spacial score (nSPS) is 20.5. The monoisotopic (exact) mass is 180 g/mol. The van der Waals surface area contributed by atoms with E-state index in [1.54, 1.807) is 0 Å². The van der Waals surface area contributed by atoms with Crippen molar-refractivity contribution in [2.45, 2.75) is 13.3 Å². The zero-order valence-electron chi connectivity index (χ0n) is 7.42. The minimum atomic E-state index is -0.390. The molecule has 0 aromatic carbocycles. The summed E-state index contributed by atoms with van der Waals surface area (Å²) in [6.45, 7) is 2.98. The summed E-state index contributed by atoms with van der Waals surface area (Å²) in [4.78, 5) is 17.3. The molecule has 0 saturated heterocycles. The highest BCUT2D eigenvalue weighted by atomic mass is 16.1. The first-order chi connectivity index (χ1) is 6.16. The average Bonchev–Trinajstić information content (AvgIpc) is 2.06. The molecule has 5 heteroatoms. The van der Waals surface area contributed by atoms with Crippen LogP contribution in [0.2, 0.25) is 0 Å². The maximum atomic E-state index is 11.0. The number of aromatic nitrogens is 2. The van der Waals surface area contributed by atoms with E-state index < -0.39 is 5.69 Å². The van der Waals surface area contributed by atoms with Gasteiger partial charge in [0, 0.05) is 12.1 Å². The fourth-order valence-electron chi connectivity index (χ4n) is 1.56. The summed E-state index contributed by atoms with van der Waals surface area (Å²) in [6.07, 6.45) is 0.873. The first-order valence-electron chi connectivity index (χ1n) is 4.29. The van der Waals surface area contributed by atoms with Crippen LogP contribution < -0.4 is 16.7 Å². The van der Waals surface area contributed by atoms with E-state index in [0.717, 1.165) is 18.5 Å². The van der Waals surface area contributed by atoms with Crippen molar-refractivity contribution >= 4 is 11.6 Å². The third kappa shape index (κ3) is 1.37. The number of nitrogens with one attached hydrogen (secondary N) is 2. The molecule has 0 bridgehead atoms. The molecule has 0 fully saturated rings. The van der Waals surface area contributed by atoms with E-state index in [1.165, 1.54) is 0 Å². The van der Waals surface area contributed by atoms with E-state index in [9.17, 15) is 4.79 Å². The van der Waals surface area contributed by atoms with Gasteiger partial charge in [0.25, 0.3) is 0 Å². The number of nitrogens with two attached hydrogens (primary N) is 1. The van der Waals surface area contributed by atoms with Crippen molar-refractivity contribution in [3.8, 4) is 0 Å².